The molecule has 2 aliphatic carbocycles. The van der Waals surface area contributed by atoms with Crippen LogP contribution < -0.4 is 0 Å². The lowest BCUT2D eigenvalue weighted by atomic mass is 9.94. The molecule has 0 fully saturated rings. The van der Waals surface area contributed by atoms with E-state index in [1.54, 1.807) is 0 Å². The molecule has 4 heteroatoms. The number of rotatable bonds is 9. The molecule has 5 aromatic carbocycles. The standard InChI is InChI=1S/C50H39N3O/c1-2-34(35-19-6-3-7-20-35)18-12-13-23-37-30-33-45-47(43-28-16-17-29-44(43)54-45)46(37)50-52-48(38-24-10-5-11-25-38)51-49(53-50)42-32-31-39(36-21-8-4-9-22-36)40-26-14-15-27-41(40)42/h2,4,6,8-10,12-22,24-33H,1,3,5,7,11,23H2/b13-12-,34-18+. The van der Waals surface area contributed by atoms with Crippen LogP contribution in [0, 0.1) is 0 Å². The normalized spacial score (nSPS) is 14.6. The van der Waals surface area contributed by atoms with Gasteiger partial charge >= 0.3 is 0 Å². The molecule has 0 saturated carbocycles. The maximum Gasteiger partial charge on any atom is 0.165 e. The molecule has 0 N–H and O–H groups in total. The molecule has 54 heavy (non-hydrogen) atoms. The summed E-state index contributed by atoms with van der Waals surface area (Å²) in [5, 5.41) is 4.30. The van der Waals surface area contributed by atoms with Gasteiger partial charge in [-0.1, -0.05) is 152 Å². The van der Waals surface area contributed by atoms with Gasteiger partial charge in [-0.15, -0.1) is 0 Å². The van der Waals surface area contributed by atoms with Gasteiger partial charge in [-0.3, -0.25) is 0 Å². The maximum absolute atomic E-state index is 6.44. The van der Waals surface area contributed by atoms with Crippen molar-refractivity contribution in [2.75, 3.05) is 0 Å². The Morgan fingerprint density at radius 2 is 1.33 bits per heavy atom. The van der Waals surface area contributed by atoms with E-state index in [4.69, 9.17) is 19.4 Å². The molecule has 0 spiro atoms. The van der Waals surface area contributed by atoms with Gasteiger partial charge in [0.25, 0.3) is 0 Å². The van der Waals surface area contributed by atoms with E-state index < -0.39 is 0 Å². The van der Waals surface area contributed by atoms with Crippen LogP contribution in [0.4, 0.5) is 0 Å². The van der Waals surface area contributed by atoms with Gasteiger partial charge in [0.15, 0.2) is 17.5 Å². The van der Waals surface area contributed by atoms with E-state index in [0.29, 0.717) is 23.9 Å². The highest BCUT2D eigenvalue weighted by molar-refractivity contribution is 6.13. The molecule has 2 aliphatic rings. The average molecular weight is 698 g/mol. The van der Waals surface area contributed by atoms with Crippen LogP contribution in [0.1, 0.15) is 37.1 Å². The summed E-state index contributed by atoms with van der Waals surface area (Å²) >= 11 is 0. The van der Waals surface area contributed by atoms with E-state index in [1.165, 1.54) is 16.7 Å². The third-order valence-electron chi connectivity index (χ3n) is 10.3. The Morgan fingerprint density at radius 1 is 0.630 bits per heavy atom. The van der Waals surface area contributed by atoms with Crippen molar-refractivity contribution in [3.63, 3.8) is 0 Å². The van der Waals surface area contributed by atoms with Crippen molar-refractivity contribution < 1.29 is 4.42 Å². The highest BCUT2D eigenvalue weighted by Crippen LogP contribution is 2.40. The molecule has 2 heterocycles. The third kappa shape index (κ3) is 6.37. The molecule has 260 valence electrons. The second-order valence-corrected chi connectivity index (χ2v) is 13.7. The first-order valence-electron chi connectivity index (χ1n) is 18.8. The molecule has 0 amide bonds. The Kier molecular flexibility index (Phi) is 9.08. The smallest absolute Gasteiger partial charge is 0.165 e. The second-order valence-electron chi connectivity index (χ2n) is 13.7. The summed E-state index contributed by atoms with van der Waals surface area (Å²) in [5.74, 6) is 1.94. The molecule has 0 aliphatic heterocycles. The number of furan rings is 1. The Bertz CT molecular complexity index is 2750. The number of benzene rings is 5. The third-order valence-corrected chi connectivity index (χ3v) is 10.3. The van der Waals surface area contributed by atoms with Crippen molar-refractivity contribution in [3.05, 3.63) is 193 Å². The maximum atomic E-state index is 6.44. The van der Waals surface area contributed by atoms with Crippen molar-refractivity contribution >= 4 is 38.3 Å². The highest BCUT2D eigenvalue weighted by atomic mass is 16.3. The van der Waals surface area contributed by atoms with Crippen molar-refractivity contribution in [1.82, 2.24) is 15.0 Å². The first-order valence-corrected chi connectivity index (χ1v) is 18.8. The molecule has 0 radical (unpaired) electrons. The van der Waals surface area contributed by atoms with E-state index in [1.807, 2.05) is 18.2 Å². The number of fused-ring (bicyclic) bond motifs is 4. The largest absolute Gasteiger partial charge is 0.456 e. The van der Waals surface area contributed by atoms with Gasteiger partial charge in [-0.05, 0) is 88.9 Å². The molecule has 0 saturated heterocycles. The van der Waals surface area contributed by atoms with E-state index in [0.717, 1.165) is 86.2 Å². The Morgan fingerprint density at radius 3 is 2.11 bits per heavy atom. The summed E-state index contributed by atoms with van der Waals surface area (Å²) in [6, 6.07) is 35.9. The van der Waals surface area contributed by atoms with Crippen molar-refractivity contribution in [1.29, 1.82) is 0 Å². The monoisotopic (exact) mass is 697 g/mol. The van der Waals surface area contributed by atoms with Crippen molar-refractivity contribution in [2.24, 2.45) is 0 Å². The van der Waals surface area contributed by atoms with Gasteiger partial charge in [-0.2, -0.15) is 0 Å². The topological polar surface area (TPSA) is 51.8 Å². The lowest BCUT2D eigenvalue weighted by Gasteiger charge is -2.15. The average Bonchev–Trinajstić information content (AvgIpc) is 3.63. The Balaban J connectivity index is 1.24. The summed E-state index contributed by atoms with van der Waals surface area (Å²) in [6.07, 6.45) is 26.4. The van der Waals surface area contributed by atoms with E-state index in [9.17, 15) is 0 Å². The lowest BCUT2D eigenvalue weighted by Crippen LogP contribution is -2.05. The van der Waals surface area contributed by atoms with Crippen LogP contribution in [-0.4, -0.2) is 15.0 Å². The van der Waals surface area contributed by atoms with Gasteiger partial charge in [0, 0.05) is 27.5 Å². The fraction of sp³-hybridized carbons (Fsp3) is 0.100. The minimum Gasteiger partial charge on any atom is -0.456 e. The van der Waals surface area contributed by atoms with Gasteiger partial charge in [0.05, 0.1) is 0 Å². The SMILES string of the molecule is C=C/C(=C\C=C/Cc1ccc2oc3ccccc3c2c1-c1nc(C2=CCCC=C2)nc(-c2ccc(-c3ccccc3)c3ccccc23)n1)C1=CCCC=C1. The number of para-hydroxylation sites is 1. The molecular formula is C50H39N3O. The van der Waals surface area contributed by atoms with Crippen molar-refractivity contribution in [2.45, 2.75) is 32.1 Å². The second kappa shape index (κ2) is 14.8. The van der Waals surface area contributed by atoms with E-state index in [2.05, 4.69) is 152 Å². The number of hydrogen-bond donors (Lipinski definition) is 0. The summed E-state index contributed by atoms with van der Waals surface area (Å²) < 4.78 is 6.44. The van der Waals surface area contributed by atoms with Gasteiger partial charge in [0.1, 0.15) is 11.2 Å². The first-order chi connectivity index (χ1) is 26.7. The predicted molar refractivity (Wildman–Crippen MR) is 225 cm³/mol. The molecular weight excluding hydrogens is 659 g/mol. The molecule has 0 atom stereocenters. The molecule has 7 aromatic rings. The number of nitrogens with zero attached hydrogens (tertiary/aromatic N) is 3. The van der Waals surface area contributed by atoms with Crippen LogP contribution in [0.25, 0.3) is 72.2 Å². The van der Waals surface area contributed by atoms with Gasteiger partial charge in [-0.25, -0.2) is 15.0 Å². The predicted octanol–water partition coefficient (Wildman–Crippen LogP) is 13.1. The van der Waals surface area contributed by atoms with E-state index >= 15 is 0 Å². The number of allylic oxidation sites excluding steroid dienone is 13. The zero-order chi connectivity index (χ0) is 36.3. The van der Waals surface area contributed by atoms with Crippen LogP contribution in [0.2, 0.25) is 0 Å². The van der Waals surface area contributed by atoms with Gasteiger partial charge in [0.2, 0.25) is 0 Å². The Hall–Kier alpha value is -6.65. The van der Waals surface area contributed by atoms with Crippen LogP contribution in [-0.2, 0) is 6.42 Å². The van der Waals surface area contributed by atoms with E-state index in [-0.39, 0.29) is 0 Å². The molecule has 2 aromatic heterocycles. The fourth-order valence-corrected chi connectivity index (χ4v) is 7.64. The quantitative estimate of drug-likeness (QED) is 0.141. The number of hydrogen-bond acceptors (Lipinski definition) is 4. The molecule has 0 bridgehead atoms. The minimum absolute atomic E-state index is 0.631. The molecule has 4 nitrogen and oxygen atoms in total. The summed E-state index contributed by atoms with van der Waals surface area (Å²) in [5.41, 5.74) is 10.4. The summed E-state index contributed by atoms with van der Waals surface area (Å²) in [7, 11) is 0. The Labute approximate surface area is 315 Å². The fourth-order valence-electron chi connectivity index (χ4n) is 7.64. The first kappa shape index (κ1) is 33.2. The van der Waals surface area contributed by atoms with Crippen LogP contribution in [0.5, 0.6) is 0 Å². The minimum atomic E-state index is 0.631. The van der Waals surface area contributed by atoms with Crippen LogP contribution >= 0.6 is 0 Å². The number of aromatic nitrogens is 3. The summed E-state index contributed by atoms with van der Waals surface area (Å²) in [4.78, 5) is 15.9. The zero-order valence-electron chi connectivity index (χ0n) is 30.1. The van der Waals surface area contributed by atoms with Gasteiger partial charge < -0.3 is 4.42 Å². The summed E-state index contributed by atoms with van der Waals surface area (Å²) in [6.45, 7) is 4.08. The lowest BCUT2D eigenvalue weighted by molar-refractivity contribution is 0.669. The molecule has 9 rings (SSSR count). The van der Waals surface area contributed by atoms with Crippen LogP contribution in [0.3, 0.4) is 0 Å². The highest BCUT2D eigenvalue weighted by Gasteiger charge is 2.22. The molecule has 0 unspecified atom stereocenters. The van der Waals surface area contributed by atoms with Crippen LogP contribution in [0.15, 0.2) is 186 Å². The van der Waals surface area contributed by atoms with Crippen molar-refractivity contribution in [3.8, 4) is 33.9 Å². The zero-order valence-corrected chi connectivity index (χ0v) is 30.1.